The fourth-order valence-electron chi connectivity index (χ4n) is 3.40. The minimum Gasteiger partial charge on any atom is -0.382 e. The zero-order valence-electron chi connectivity index (χ0n) is 13.5. The normalized spacial score (nSPS) is 19.9. The van der Waals surface area contributed by atoms with Crippen LogP contribution in [-0.4, -0.2) is 24.3 Å². The predicted octanol–water partition coefficient (Wildman–Crippen LogP) is 3.55. The summed E-state index contributed by atoms with van der Waals surface area (Å²) in [6.07, 6.45) is 3.16. The van der Waals surface area contributed by atoms with Gasteiger partial charge in [-0.15, -0.1) is 0 Å². The number of hydrogen-bond donors (Lipinski definition) is 0. The highest BCUT2D eigenvalue weighted by atomic mass is 16.6. The standard InChI is InChI=1S/C20H20N2O2/c23-20(19-14-17(21-24-19)15-8-2-1-3-9-15)22-13-7-6-11-16-10-4-5-12-18(16)22/h1-5,8-10,12,19H,6-7,11,13-14H2/t19-/m0/s1. The van der Waals surface area contributed by atoms with Gasteiger partial charge >= 0.3 is 0 Å². The van der Waals surface area contributed by atoms with Crippen molar-refractivity contribution in [1.29, 1.82) is 0 Å². The first-order valence-corrected chi connectivity index (χ1v) is 8.50. The van der Waals surface area contributed by atoms with Crippen molar-refractivity contribution < 1.29 is 9.63 Å². The Morgan fingerprint density at radius 2 is 1.83 bits per heavy atom. The molecule has 0 N–H and O–H groups in total. The second-order valence-electron chi connectivity index (χ2n) is 6.28. The van der Waals surface area contributed by atoms with Gasteiger partial charge in [0.15, 0.2) is 0 Å². The molecule has 0 aromatic heterocycles. The molecule has 0 radical (unpaired) electrons. The Balaban J connectivity index is 1.53. The molecule has 1 atom stereocenters. The van der Waals surface area contributed by atoms with Gasteiger partial charge in [-0.2, -0.15) is 0 Å². The molecule has 0 fully saturated rings. The maximum Gasteiger partial charge on any atom is 0.271 e. The maximum absolute atomic E-state index is 13.0. The molecule has 4 heteroatoms. The molecule has 0 aliphatic carbocycles. The summed E-state index contributed by atoms with van der Waals surface area (Å²) in [5, 5.41) is 4.15. The molecule has 2 aromatic carbocycles. The van der Waals surface area contributed by atoms with E-state index in [0.717, 1.165) is 42.8 Å². The lowest BCUT2D eigenvalue weighted by Gasteiger charge is -2.24. The van der Waals surface area contributed by atoms with Gasteiger partial charge in [0.1, 0.15) is 0 Å². The summed E-state index contributed by atoms with van der Waals surface area (Å²) in [4.78, 5) is 20.4. The highest BCUT2D eigenvalue weighted by Crippen LogP contribution is 2.28. The van der Waals surface area contributed by atoms with Gasteiger partial charge in [0, 0.05) is 18.7 Å². The Morgan fingerprint density at radius 1 is 1.04 bits per heavy atom. The van der Waals surface area contributed by atoms with Crippen molar-refractivity contribution in [3.63, 3.8) is 0 Å². The largest absolute Gasteiger partial charge is 0.382 e. The molecule has 0 saturated carbocycles. The van der Waals surface area contributed by atoms with Crippen molar-refractivity contribution in [1.82, 2.24) is 0 Å². The van der Waals surface area contributed by atoms with Crippen LogP contribution in [0.5, 0.6) is 0 Å². The van der Waals surface area contributed by atoms with Gasteiger partial charge in [0.05, 0.1) is 5.71 Å². The van der Waals surface area contributed by atoms with E-state index in [9.17, 15) is 4.79 Å². The number of carbonyl (C=O) groups excluding carboxylic acids is 1. The third-order valence-electron chi connectivity index (χ3n) is 4.68. The third kappa shape index (κ3) is 2.80. The number of anilines is 1. The molecule has 2 aliphatic heterocycles. The lowest BCUT2D eigenvalue weighted by molar-refractivity contribution is -0.128. The van der Waals surface area contributed by atoms with E-state index < -0.39 is 6.10 Å². The zero-order chi connectivity index (χ0) is 16.4. The second kappa shape index (κ2) is 6.48. The minimum absolute atomic E-state index is 0.0130. The van der Waals surface area contributed by atoms with Crippen molar-refractivity contribution in [3.05, 3.63) is 65.7 Å². The van der Waals surface area contributed by atoms with Gasteiger partial charge in [-0.1, -0.05) is 53.7 Å². The van der Waals surface area contributed by atoms with Crippen molar-refractivity contribution in [3.8, 4) is 0 Å². The first-order chi connectivity index (χ1) is 11.8. The SMILES string of the molecule is O=C([C@@H]1CC(c2ccccc2)=NO1)N1CCCCc2ccccc21. The highest BCUT2D eigenvalue weighted by Gasteiger charge is 2.34. The number of nitrogens with zero attached hydrogens (tertiary/aromatic N) is 2. The van der Waals surface area contributed by atoms with Crippen LogP contribution < -0.4 is 4.90 Å². The molecule has 0 saturated heterocycles. The van der Waals surface area contributed by atoms with E-state index >= 15 is 0 Å². The maximum atomic E-state index is 13.0. The van der Waals surface area contributed by atoms with Crippen LogP contribution in [0.1, 0.15) is 30.4 Å². The van der Waals surface area contributed by atoms with E-state index in [-0.39, 0.29) is 5.91 Å². The summed E-state index contributed by atoms with van der Waals surface area (Å²) in [6.45, 7) is 0.746. The molecule has 24 heavy (non-hydrogen) atoms. The number of para-hydroxylation sites is 1. The molecule has 0 spiro atoms. The van der Waals surface area contributed by atoms with Crippen molar-refractivity contribution in [2.24, 2.45) is 5.16 Å². The van der Waals surface area contributed by atoms with Gasteiger partial charge in [-0.05, 0) is 36.5 Å². The predicted molar refractivity (Wildman–Crippen MR) is 94.2 cm³/mol. The topological polar surface area (TPSA) is 41.9 Å². The number of aryl methyl sites for hydroxylation is 1. The van der Waals surface area contributed by atoms with Crippen molar-refractivity contribution >= 4 is 17.3 Å². The van der Waals surface area contributed by atoms with E-state index in [1.807, 2.05) is 53.4 Å². The molecule has 2 aromatic rings. The zero-order valence-corrected chi connectivity index (χ0v) is 13.5. The number of benzene rings is 2. The molecule has 0 bridgehead atoms. The number of rotatable bonds is 2. The quantitative estimate of drug-likeness (QED) is 0.849. The van der Waals surface area contributed by atoms with Gasteiger partial charge in [-0.3, -0.25) is 4.79 Å². The van der Waals surface area contributed by atoms with Crippen LogP contribution >= 0.6 is 0 Å². The monoisotopic (exact) mass is 320 g/mol. The number of oxime groups is 1. The van der Waals surface area contributed by atoms with Crippen LogP contribution in [-0.2, 0) is 16.1 Å². The number of carbonyl (C=O) groups is 1. The Labute approximate surface area is 141 Å². The molecule has 4 rings (SSSR count). The number of fused-ring (bicyclic) bond motifs is 1. The van der Waals surface area contributed by atoms with Crippen molar-refractivity contribution in [2.45, 2.75) is 31.8 Å². The summed E-state index contributed by atoms with van der Waals surface area (Å²) < 4.78 is 0. The summed E-state index contributed by atoms with van der Waals surface area (Å²) in [5.41, 5.74) is 4.13. The van der Waals surface area contributed by atoms with E-state index in [0.29, 0.717) is 6.42 Å². The minimum atomic E-state index is -0.522. The number of hydrogen-bond acceptors (Lipinski definition) is 3. The van der Waals surface area contributed by atoms with E-state index in [2.05, 4.69) is 11.2 Å². The molecular formula is C20H20N2O2. The molecule has 2 heterocycles. The van der Waals surface area contributed by atoms with Gasteiger partial charge in [-0.25, -0.2) is 0 Å². The highest BCUT2D eigenvalue weighted by molar-refractivity contribution is 6.06. The van der Waals surface area contributed by atoms with Crippen LogP contribution in [0.15, 0.2) is 59.8 Å². The average molecular weight is 320 g/mol. The smallest absolute Gasteiger partial charge is 0.271 e. The van der Waals surface area contributed by atoms with Crippen LogP contribution in [0.25, 0.3) is 0 Å². The van der Waals surface area contributed by atoms with Crippen LogP contribution in [0, 0.1) is 0 Å². The summed E-state index contributed by atoms with van der Waals surface area (Å²) in [7, 11) is 0. The summed E-state index contributed by atoms with van der Waals surface area (Å²) in [5.74, 6) is 0.0130. The Hall–Kier alpha value is -2.62. The lowest BCUT2D eigenvalue weighted by Crippen LogP contribution is -2.40. The Kier molecular flexibility index (Phi) is 4.03. The van der Waals surface area contributed by atoms with Gasteiger partial charge in [0.25, 0.3) is 5.91 Å². The molecule has 122 valence electrons. The lowest BCUT2D eigenvalue weighted by atomic mass is 10.0. The van der Waals surface area contributed by atoms with Crippen LogP contribution in [0.3, 0.4) is 0 Å². The van der Waals surface area contributed by atoms with Crippen LogP contribution in [0.2, 0.25) is 0 Å². The summed E-state index contributed by atoms with van der Waals surface area (Å²) in [6, 6.07) is 18.1. The molecule has 0 unspecified atom stereocenters. The number of amides is 1. The molecule has 2 aliphatic rings. The van der Waals surface area contributed by atoms with Gasteiger partial charge in [0.2, 0.25) is 6.10 Å². The Bertz CT molecular complexity index is 770. The van der Waals surface area contributed by atoms with Gasteiger partial charge < -0.3 is 9.74 Å². The van der Waals surface area contributed by atoms with Crippen LogP contribution in [0.4, 0.5) is 5.69 Å². The van der Waals surface area contributed by atoms with E-state index in [1.165, 1.54) is 5.56 Å². The average Bonchev–Trinajstić information content (AvgIpc) is 3.03. The Morgan fingerprint density at radius 3 is 2.71 bits per heavy atom. The third-order valence-corrected chi connectivity index (χ3v) is 4.68. The van der Waals surface area contributed by atoms with E-state index in [1.54, 1.807) is 0 Å². The first kappa shape index (κ1) is 14.9. The van der Waals surface area contributed by atoms with E-state index in [4.69, 9.17) is 4.84 Å². The summed E-state index contributed by atoms with van der Waals surface area (Å²) >= 11 is 0. The van der Waals surface area contributed by atoms with Crippen molar-refractivity contribution in [2.75, 3.05) is 11.4 Å². The molecular weight excluding hydrogens is 300 g/mol. The molecule has 4 nitrogen and oxygen atoms in total. The second-order valence-corrected chi connectivity index (χ2v) is 6.28. The fourth-order valence-corrected chi connectivity index (χ4v) is 3.40. The molecule has 1 amide bonds. The fraction of sp³-hybridized carbons (Fsp3) is 0.300. The first-order valence-electron chi connectivity index (χ1n) is 8.50.